The molecular formula is C20H21N3O4. The molecule has 0 saturated heterocycles. The molecule has 140 valence electrons. The fourth-order valence-electron chi connectivity index (χ4n) is 3.59. The van der Waals surface area contributed by atoms with Crippen molar-refractivity contribution in [2.75, 3.05) is 7.05 Å². The lowest BCUT2D eigenvalue weighted by molar-refractivity contribution is -0.125. The van der Waals surface area contributed by atoms with Gasteiger partial charge in [0.1, 0.15) is 23.7 Å². The Kier molecular flexibility index (Phi) is 4.75. The maximum atomic E-state index is 12.9. The van der Waals surface area contributed by atoms with Crippen LogP contribution in [-0.2, 0) is 16.1 Å². The molecule has 1 unspecified atom stereocenters. The van der Waals surface area contributed by atoms with Crippen LogP contribution in [0.5, 0.6) is 5.75 Å². The Hall–Kier alpha value is -3.14. The Bertz CT molecular complexity index is 895. The molecule has 2 heterocycles. The highest BCUT2D eigenvalue weighted by Crippen LogP contribution is 2.43. The van der Waals surface area contributed by atoms with Crippen LogP contribution in [-0.4, -0.2) is 41.7 Å². The molecule has 27 heavy (non-hydrogen) atoms. The van der Waals surface area contributed by atoms with Crippen LogP contribution in [0.1, 0.15) is 48.2 Å². The zero-order chi connectivity index (χ0) is 19.8. The zero-order valence-corrected chi connectivity index (χ0v) is 15.5. The number of hydrogen-bond donors (Lipinski definition) is 1. The van der Waals surface area contributed by atoms with Crippen molar-refractivity contribution in [1.29, 1.82) is 5.26 Å². The number of rotatable bonds is 5. The van der Waals surface area contributed by atoms with Crippen LogP contribution in [0.25, 0.3) is 5.57 Å². The van der Waals surface area contributed by atoms with Gasteiger partial charge in [0.25, 0.3) is 5.91 Å². The number of nitriles is 1. The second kappa shape index (κ2) is 6.88. The maximum absolute atomic E-state index is 12.9. The van der Waals surface area contributed by atoms with Crippen LogP contribution >= 0.6 is 0 Å². The molecule has 0 saturated carbocycles. The fraction of sp³-hybridized carbons (Fsp3) is 0.400. The molecule has 3 rings (SSSR count). The van der Waals surface area contributed by atoms with Crippen LogP contribution in [0.4, 0.5) is 0 Å². The third-order valence-corrected chi connectivity index (χ3v) is 4.83. The van der Waals surface area contributed by atoms with E-state index in [0.29, 0.717) is 28.0 Å². The molecule has 7 nitrogen and oxygen atoms in total. The predicted octanol–water partition coefficient (Wildman–Crippen LogP) is 1.81. The highest BCUT2D eigenvalue weighted by atomic mass is 16.5. The summed E-state index contributed by atoms with van der Waals surface area (Å²) in [4.78, 5) is 37.5. The van der Waals surface area contributed by atoms with Gasteiger partial charge in [-0.15, -0.1) is 0 Å². The average molecular weight is 367 g/mol. The van der Waals surface area contributed by atoms with Gasteiger partial charge in [0.2, 0.25) is 5.91 Å². The van der Waals surface area contributed by atoms with Gasteiger partial charge in [0, 0.05) is 30.2 Å². The van der Waals surface area contributed by atoms with Crippen LogP contribution in [0.3, 0.4) is 0 Å². The molecule has 2 aliphatic heterocycles. The number of nitrogens with zero attached hydrogens (tertiary/aromatic N) is 2. The van der Waals surface area contributed by atoms with Crippen molar-refractivity contribution in [3.05, 3.63) is 34.9 Å². The molecule has 0 aromatic heterocycles. The zero-order valence-electron chi connectivity index (χ0n) is 15.5. The minimum absolute atomic E-state index is 0.182. The minimum atomic E-state index is -0.738. The predicted molar refractivity (Wildman–Crippen MR) is 97.8 cm³/mol. The Morgan fingerprint density at radius 2 is 2.15 bits per heavy atom. The monoisotopic (exact) mass is 367 g/mol. The third kappa shape index (κ3) is 3.19. The standard InChI is InChI=1S/C20H21N3O4/c1-20(2)9-12(10-21)13-6-7-14-15(17(13)27-20)11-23(19(14)26)16(5-4-8-24)18(25)22-3/h6-9,16H,4-5,11H2,1-3H3,(H,22,25). The van der Waals surface area contributed by atoms with Gasteiger partial charge in [-0.05, 0) is 38.5 Å². The molecule has 0 radical (unpaired) electrons. The Morgan fingerprint density at radius 3 is 2.78 bits per heavy atom. The van der Waals surface area contributed by atoms with Crippen LogP contribution in [0, 0.1) is 11.3 Å². The van der Waals surface area contributed by atoms with E-state index in [1.54, 1.807) is 18.2 Å². The van der Waals surface area contributed by atoms with Gasteiger partial charge < -0.3 is 19.7 Å². The van der Waals surface area contributed by atoms with E-state index < -0.39 is 11.6 Å². The van der Waals surface area contributed by atoms with E-state index in [4.69, 9.17) is 4.74 Å². The number of amides is 2. The van der Waals surface area contributed by atoms with Crippen molar-refractivity contribution in [1.82, 2.24) is 10.2 Å². The average Bonchev–Trinajstić information content (AvgIpc) is 2.97. The first kappa shape index (κ1) is 18.6. The summed E-state index contributed by atoms with van der Waals surface area (Å²) >= 11 is 0. The summed E-state index contributed by atoms with van der Waals surface area (Å²) in [6.07, 6.45) is 2.93. The van der Waals surface area contributed by atoms with Gasteiger partial charge in [-0.1, -0.05) is 0 Å². The van der Waals surface area contributed by atoms with E-state index in [2.05, 4.69) is 11.4 Å². The van der Waals surface area contributed by atoms with Crippen molar-refractivity contribution in [2.24, 2.45) is 0 Å². The number of hydrogen-bond acceptors (Lipinski definition) is 5. The van der Waals surface area contributed by atoms with Crippen LogP contribution in [0.2, 0.25) is 0 Å². The number of allylic oxidation sites excluding steroid dienone is 1. The number of benzene rings is 1. The molecule has 1 aromatic rings. The second-order valence-electron chi connectivity index (χ2n) is 7.15. The van der Waals surface area contributed by atoms with Gasteiger partial charge >= 0.3 is 0 Å². The molecule has 0 aliphatic carbocycles. The molecule has 0 spiro atoms. The quantitative estimate of drug-likeness (QED) is 0.800. The number of nitrogens with one attached hydrogen (secondary N) is 1. The van der Waals surface area contributed by atoms with Gasteiger partial charge in [0.05, 0.1) is 18.2 Å². The van der Waals surface area contributed by atoms with Crippen molar-refractivity contribution in [2.45, 2.75) is 44.9 Å². The molecule has 1 atom stereocenters. The van der Waals surface area contributed by atoms with Gasteiger partial charge in [-0.25, -0.2) is 0 Å². The second-order valence-corrected chi connectivity index (χ2v) is 7.15. The van der Waals surface area contributed by atoms with Crippen molar-refractivity contribution >= 4 is 23.7 Å². The third-order valence-electron chi connectivity index (χ3n) is 4.83. The molecule has 1 aromatic carbocycles. The van der Waals surface area contributed by atoms with Crippen LogP contribution in [0.15, 0.2) is 18.2 Å². The summed E-state index contributed by atoms with van der Waals surface area (Å²) < 4.78 is 6.08. The Labute approximate surface area is 157 Å². The highest BCUT2D eigenvalue weighted by Gasteiger charge is 2.40. The summed E-state index contributed by atoms with van der Waals surface area (Å²) in [6.45, 7) is 3.89. The van der Waals surface area contributed by atoms with E-state index in [0.717, 1.165) is 6.29 Å². The molecule has 2 amide bonds. The summed E-state index contributed by atoms with van der Waals surface area (Å²) in [6, 6.07) is 4.83. The van der Waals surface area contributed by atoms with E-state index in [1.807, 2.05) is 13.8 Å². The van der Waals surface area contributed by atoms with E-state index in [1.165, 1.54) is 11.9 Å². The number of carbonyl (C=O) groups is 3. The molecule has 2 aliphatic rings. The first-order chi connectivity index (χ1) is 12.8. The summed E-state index contributed by atoms with van der Waals surface area (Å²) in [5.74, 6) is -0.0778. The van der Waals surface area contributed by atoms with E-state index in [9.17, 15) is 19.6 Å². The molecular weight excluding hydrogens is 346 g/mol. The smallest absolute Gasteiger partial charge is 0.255 e. The molecule has 1 N–H and O–H groups in total. The van der Waals surface area contributed by atoms with E-state index in [-0.39, 0.29) is 31.2 Å². The van der Waals surface area contributed by atoms with Crippen molar-refractivity contribution < 1.29 is 19.1 Å². The Morgan fingerprint density at radius 1 is 1.44 bits per heavy atom. The molecule has 7 heteroatoms. The minimum Gasteiger partial charge on any atom is -0.483 e. The first-order valence-electron chi connectivity index (χ1n) is 8.77. The Balaban J connectivity index is 2.04. The number of likely N-dealkylation sites (N-methyl/N-ethyl adjacent to an activating group) is 1. The summed E-state index contributed by atoms with van der Waals surface area (Å²) in [5, 5.41) is 12.0. The van der Waals surface area contributed by atoms with Crippen molar-refractivity contribution in [3.8, 4) is 11.8 Å². The van der Waals surface area contributed by atoms with Gasteiger partial charge in [-0.2, -0.15) is 5.26 Å². The SMILES string of the molecule is CNC(=O)C(CCC=O)N1Cc2c(ccc3c2OC(C)(C)C=C3C#N)C1=O. The topological polar surface area (TPSA) is 99.5 Å². The van der Waals surface area contributed by atoms with Gasteiger partial charge in [-0.3, -0.25) is 9.59 Å². The first-order valence-corrected chi connectivity index (χ1v) is 8.77. The largest absolute Gasteiger partial charge is 0.483 e. The van der Waals surface area contributed by atoms with Crippen molar-refractivity contribution in [3.63, 3.8) is 0 Å². The van der Waals surface area contributed by atoms with E-state index >= 15 is 0 Å². The fourth-order valence-corrected chi connectivity index (χ4v) is 3.59. The lowest BCUT2D eigenvalue weighted by Gasteiger charge is -2.31. The summed E-state index contributed by atoms with van der Waals surface area (Å²) in [5.41, 5.74) is 1.60. The number of fused-ring (bicyclic) bond motifs is 3. The normalized spacial score (nSPS) is 17.8. The lowest BCUT2D eigenvalue weighted by Crippen LogP contribution is -2.46. The summed E-state index contributed by atoms with van der Waals surface area (Å²) in [7, 11) is 1.50. The highest BCUT2D eigenvalue weighted by molar-refractivity contribution is 6.03. The number of carbonyl (C=O) groups excluding carboxylic acids is 3. The molecule has 0 bridgehead atoms. The number of aldehydes is 1. The van der Waals surface area contributed by atoms with Crippen LogP contribution < -0.4 is 10.1 Å². The maximum Gasteiger partial charge on any atom is 0.255 e. The lowest BCUT2D eigenvalue weighted by atomic mass is 9.92. The number of ether oxygens (including phenoxy) is 1. The van der Waals surface area contributed by atoms with Gasteiger partial charge in [0.15, 0.2) is 0 Å². The molecule has 0 fully saturated rings.